The summed E-state index contributed by atoms with van der Waals surface area (Å²) < 4.78 is 0. The summed E-state index contributed by atoms with van der Waals surface area (Å²) in [6.45, 7) is 10.8. The Kier molecular flexibility index (Phi) is 2.41. The van der Waals surface area contributed by atoms with E-state index in [0.29, 0.717) is 11.8 Å². The fourth-order valence-corrected chi connectivity index (χ4v) is 1.81. The van der Waals surface area contributed by atoms with Crippen molar-refractivity contribution >= 4 is 5.91 Å². The first kappa shape index (κ1) is 10.5. The Bertz CT molecular complexity index is 221. The molecule has 0 saturated carbocycles. The Morgan fingerprint density at radius 2 is 1.92 bits per heavy atom. The maximum absolute atomic E-state index is 10.6. The lowest BCUT2D eigenvalue weighted by molar-refractivity contribution is -0.129. The summed E-state index contributed by atoms with van der Waals surface area (Å²) in [6, 6.07) is 0. The predicted octanol–water partition coefficient (Wildman–Crippen LogP) is 0.982. The Balaban J connectivity index is 2.45. The molecule has 0 radical (unpaired) electrons. The van der Waals surface area contributed by atoms with Crippen molar-refractivity contribution in [3.8, 4) is 0 Å². The Morgan fingerprint density at radius 3 is 2.23 bits per heavy atom. The van der Waals surface area contributed by atoms with E-state index in [1.807, 2.05) is 0 Å². The predicted molar refractivity (Wildman–Crippen MR) is 53.2 cm³/mol. The van der Waals surface area contributed by atoms with Crippen LogP contribution in [0.15, 0.2) is 0 Å². The van der Waals surface area contributed by atoms with E-state index in [1.165, 1.54) is 0 Å². The number of carbonyl (C=O) groups is 1. The minimum absolute atomic E-state index is 0.197. The van der Waals surface area contributed by atoms with E-state index in [-0.39, 0.29) is 11.4 Å². The van der Waals surface area contributed by atoms with Crippen molar-refractivity contribution in [1.29, 1.82) is 0 Å². The van der Waals surface area contributed by atoms with Crippen LogP contribution in [-0.4, -0.2) is 29.4 Å². The van der Waals surface area contributed by atoms with Crippen molar-refractivity contribution in [1.82, 2.24) is 4.90 Å². The zero-order valence-electron chi connectivity index (χ0n) is 9.05. The van der Waals surface area contributed by atoms with Crippen molar-refractivity contribution in [2.24, 2.45) is 11.1 Å². The van der Waals surface area contributed by atoms with Gasteiger partial charge in [0, 0.05) is 25.0 Å². The number of likely N-dealkylation sites (tertiary alicyclic amines) is 1. The highest BCUT2D eigenvalue weighted by molar-refractivity contribution is 5.73. The van der Waals surface area contributed by atoms with Gasteiger partial charge in [-0.05, 0) is 19.3 Å². The van der Waals surface area contributed by atoms with E-state index in [4.69, 9.17) is 5.73 Å². The Labute approximate surface area is 80.3 Å². The molecule has 0 spiro atoms. The lowest BCUT2D eigenvalue weighted by Crippen LogP contribution is -2.69. The first-order valence-electron chi connectivity index (χ1n) is 4.81. The second-order valence-corrected chi connectivity index (χ2v) is 5.08. The quantitative estimate of drug-likeness (QED) is 0.710. The van der Waals surface area contributed by atoms with E-state index in [1.54, 1.807) is 0 Å². The number of amides is 1. The molecule has 1 amide bonds. The van der Waals surface area contributed by atoms with E-state index in [0.717, 1.165) is 13.1 Å². The van der Waals surface area contributed by atoms with Crippen LogP contribution in [-0.2, 0) is 4.79 Å². The largest absolute Gasteiger partial charge is 0.370 e. The topological polar surface area (TPSA) is 46.3 Å². The number of hydrogen-bond donors (Lipinski definition) is 1. The number of nitrogens with two attached hydrogens (primary N) is 1. The minimum Gasteiger partial charge on any atom is -0.370 e. The first-order chi connectivity index (χ1) is 5.77. The van der Waals surface area contributed by atoms with Crippen LogP contribution in [0.1, 0.15) is 34.1 Å². The molecule has 1 saturated heterocycles. The van der Waals surface area contributed by atoms with Crippen molar-refractivity contribution < 1.29 is 4.79 Å². The van der Waals surface area contributed by atoms with Crippen LogP contribution in [0.5, 0.6) is 0 Å². The molecule has 0 aromatic carbocycles. The molecule has 1 aliphatic heterocycles. The molecule has 1 fully saturated rings. The standard InChI is InChI=1S/C10H20N2O/c1-9(2)7-12(10(9,3)4)6-5-8(11)13/h5-7H2,1-4H3,(H2,11,13). The van der Waals surface area contributed by atoms with Gasteiger partial charge in [0.25, 0.3) is 0 Å². The fourth-order valence-electron chi connectivity index (χ4n) is 1.81. The van der Waals surface area contributed by atoms with Crippen LogP contribution in [0.2, 0.25) is 0 Å². The minimum atomic E-state index is -0.208. The zero-order chi connectivity index (χ0) is 10.3. The lowest BCUT2D eigenvalue weighted by atomic mass is 9.65. The molecular weight excluding hydrogens is 164 g/mol. The van der Waals surface area contributed by atoms with E-state index in [9.17, 15) is 4.79 Å². The van der Waals surface area contributed by atoms with Crippen LogP contribution < -0.4 is 5.73 Å². The molecule has 0 bridgehead atoms. The van der Waals surface area contributed by atoms with E-state index < -0.39 is 0 Å². The molecule has 0 aromatic rings. The highest BCUT2D eigenvalue weighted by atomic mass is 16.1. The average molecular weight is 184 g/mol. The summed E-state index contributed by atoms with van der Waals surface area (Å²) in [5.41, 5.74) is 5.66. The van der Waals surface area contributed by atoms with Crippen molar-refractivity contribution in [3.63, 3.8) is 0 Å². The molecule has 1 heterocycles. The van der Waals surface area contributed by atoms with Crippen molar-refractivity contribution in [2.45, 2.75) is 39.7 Å². The molecule has 0 atom stereocenters. The monoisotopic (exact) mass is 184 g/mol. The van der Waals surface area contributed by atoms with Gasteiger partial charge in [-0.15, -0.1) is 0 Å². The van der Waals surface area contributed by atoms with Gasteiger partial charge in [-0.25, -0.2) is 0 Å². The number of carbonyl (C=O) groups excluding carboxylic acids is 1. The normalized spacial score (nSPS) is 25.2. The molecule has 3 nitrogen and oxygen atoms in total. The highest BCUT2D eigenvalue weighted by Crippen LogP contribution is 2.45. The lowest BCUT2D eigenvalue weighted by Gasteiger charge is -2.61. The highest BCUT2D eigenvalue weighted by Gasteiger charge is 2.51. The maximum Gasteiger partial charge on any atom is 0.218 e. The molecule has 13 heavy (non-hydrogen) atoms. The average Bonchev–Trinajstić information content (AvgIpc) is 1.97. The molecule has 2 N–H and O–H groups in total. The maximum atomic E-state index is 10.6. The van der Waals surface area contributed by atoms with Crippen LogP contribution >= 0.6 is 0 Å². The van der Waals surface area contributed by atoms with Crippen molar-refractivity contribution in [2.75, 3.05) is 13.1 Å². The molecule has 0 aliphatic carbocycles. The van der Waals surface area contributed by atoms with Crippen LogP contribution in [0.3, 0.4) is 0 Å². The Morgan fingerprint density at radius 1 is 1.38 bits per heavy atom. The van der Waals surface area contributed by atoms with Gasteiger partial charge >= 0.3 is 0 Å². The fraction of sp³-hybridized carbons (Fsp3) is 0.900. The third-order valence-electron chi connectivity index (χ3n) is 3.66. The summed E-state index contributed by atoms with van der Waals surface area (Å²) in [7, 11) is 0. The zero-order valence-corrected chi connectivity index (χ0v) is 9.05. The summed E-state index contributed by atoms with van der Waals surface area (Å²) in [6.07, 6.45) is 0.472. The summed E-state index contributed by atoms with van der Waals surface area (Å²) in [5, 5.41) is 0. The molecule has 1 aliphatic rings. The van der Waals surface area contributed by atoms with Crippen LogP contribution in [0, 0.1) is 5.41 Å². The SMILES string of the molecule is CC1(C)CN(CCC(N)=O)C1(C)C. The Hall–Kier alpha value is -0.570. The van der Waals surface area contributed by atoms with E-state index >= 15 is 0 Å². The van der Waals surface area contributed by atoms with Gasteiger partial charge in [-0.3, -0.25) is 9.69 Å². The van der Waals surface area contributed by atoms with Gasteiger partial charge in [-0.1, -0.05) is 13.8 Å². The molecule has 0 aromatic heterocycles. The summed E-state index contributed by atoms with van der Waals surface area (Å²) in [4.78, 5) is 12.9. The molecule has 3 heteroatoms. The first-order valence-corrected chi connectivity index (χ1v) is 4.81. The second-order valence-electron chi connectivity index (χ2n) is 5.08. The summed E-state index contributed by atoms with van der Waals surface area (Å²) >= 11 is 0. The van der Waals surface area contributed by atoms with Gasteiger partial charge in [0.1, 0.15) is 0 Å². The van der Waals surface area contributed by atoms with Gasteiger partial charge in [-0.2, -0.15) is 0 Å². The second kappa shape index (κ2) is 2.98. The number of hydrogen-bond acceptors (Lipinski definition) is 2. The number of primary amides is 1. The van der Waals surface area contributed by atoms with Gasteiger partial charge < -0.3 is 5.73 Å². The molecule has 76 valence electrons. The van der Waals surface area contributed by atoms with Crippen LogP contribution in [0.25, 0.3) is 0 Å². The molecular formula is C10H20N2O. The third kappa shape index (κ3) is 1.70. The van der Waals surface area contributed by atoms with Gasteiger partial charge in [0.2, 0.25) is 5.91 Å². The third-order valence-corrected chi connectivity index (χ3v) is 3.66. The summed E-state index contributed by atoms with van der Waals surface area (Å²) in [5.74, 6) is -0.208. The molecule has 0 unspecified atom stereocenters. The number of rotatable bonds is 3. The number of nitrogens with zero attached hydrogens (tertiary/aromatic N) is 1. The van der Waals surface area contributed by atoms with Crippen molar-refractivity contribution in [3.05, 3.63) is 0 Å². The van der Waals surface area contributed by atoms with Gasteiger partial charge in [0.05, 0.1) is 0 Å². The van der Waals surface area contributed by atoms with E-state index in [2.05, 4.69) is 32.6 Å². The van der Waals surface area contributed by atoms with Gasteiger partial charge in [0.15, 0.2) is 0 Å². The van der Waals surface area contributed by atoms with Crippen LogP contribution in [0.4, 0.5) is 0 Å². The smallest absolute Gasteiger partial charge is 0.218 e. The molecule has 1 rings (SSSR count).